The van der Waals surface area contributed by atoms with Gasteiger partial charge in [0, 0.05) is 18.1 Å². The maximum absolute atomic E-state index is 12.1. The molecule has 1 N–H and O–H groups in total. The molecule has 21 heavy (non-hydrogen) atoms. The third kappa shape index (κ3) is 3.99. The number of amides is 1. The molecule has 2 rings (SSSR count). The maximum atomic E-state index is 12.1. The van der Waals surface area contributed by atoms with E-state index >= 15 is 0 Å². The molecule has 0 aliphatic carbocycles. The third-order valence-electron chi connectivity index (χ3n) is 2.51. The summed E-state index contributed by atoms with van der Waals surface area (Å²) in [7, 11) is -3.88. The average molecular weight is 305 g/mol. The number of benzene rings is 1. The Balaban J connectivity index is 2.15. The van der Waals surface area contributed by atoms with E-state index < -0.39 is 10.0 Å². The van der Waals surface area contributed by atoms with Gasteiger partial charge in [-0.2, -0.15) is 0 Å². The number of carbonyl (C=O) groups is 1. The average Bonchev–Trinajstić information content (AvgIpc) is 2.48. The molecular formula is C13H13N4O3S-. The van der Waals surface area contributed by atoms with Crippen molar-refractivity contribution < 1.29 is 13.2 Å². The highest BCUT2D eigenvalue weighted by Crippen LogP contribution is 2.24. The molecule has 8 heteroatoms. The lowest BCUT2D eigenvalue weighted by Crippen LogP contribution is -2.09. The summed E-state index contributed by atoms with van der Waals surface area (Å²) in [5.74, 6) is -0.270. The van der Waals surface area contributed by atoms with Gasteiger partial charge in [0.25, 0.3) is 0 Å². The Hall–Kier alpha value is -2.48. The fourth-order valence-corrected chi connectivity index (χ4v) is 2.35. The first-order valence-electron chi connectivity index (χ1n) is 6.16. The number of anilines is 1. The fourth-order valence-electron chi connectivity index (χ4n) is 1.46. The van der Waals surface area contributed by atoms with Gasteiger partial charge < -0.3 is 15.3 Å². The molecule has 1 aromatic heterocycles. The van der Waals surface area contributed by atoms with Gasteiger partial charge in [-0.3, -0.25) is 9.52 Å². The maximum Gasteiger partial charge on any atom is 0.229 e. The number of hydrogen-bond acceptors (Lipinski definition) is 5. The van der Waals surface area contributed by atoms with Crippen LogP contribution in [0.1, 0.15) is 13.3 Å². The number of rotatable bonds is 5. The lowest BCUT2D eigenvalue weighted by molar-refractivity contribution is -0.115. The lowest BCUT2D eigenvalue weighted by atomic mass is 10.3. The molecule has 0 saturated carbocycles. The summed E-state index contributed by atoms with van der Waals surface area (Å²) in [4.78, 5) is 18.7. The molecule has 0 fully saturated rings. The first-order chi connectivity index (χ1) is 10.0. The van der Waals surface area contributed by atoms with Gasteiger partial charge in [0.15, 0.2) is 0 Å². The Morgan fingerprint density at radius 1 is 1.19 bits per heavy atom. The SMILES string of the molecule is CCC(=O)Nc1ccc(S(=O)(=O)[N-]c2ncccn2)cc1. The van der Waals surface area contributed by atoms with Crippen molar-refractivity contribution in [1.29, 1.82) is 0 Å². The van der Waals surface area contributed by atoms with E-state index in [-0.39, 0.29) is 16.8 Å². The summed E-state index contributed by atoms with van der Waals surface area (Å²) in [5, 5.41) is 2.63. The van der Waals surface area contributed by atoms with E-state index in [2.05, 4.69) is 20.0 Å². The van der Waals surface area contributed by atoms with Gasteiger partial charge in [0.1, 0.15) is 0 Å². The predicted molar refractivity (Wildman–Crippen MR) is 77.6 cm³/mol. The van der Waals surface area contributed by atoms with Crippen LogP contribution in [0, 0.1) is 0 Å². The molecule has 0 aliphatic rings. The van der Waals surface area contributed by atoms with E-state index in [9.17, 15) is 13.2 Å². The second-order valence-electron chi connectivity index (χ2n) is 4.04. The Morgan fingerprint density at radius 3 is 2.38 bits per heavy atom. The monoisotopic (exact) mass is 305 g/mol. The zero-order chi connectivity index (χ0) is 15.3. The minimum absolute atomic E-state index is 0.00412. The molecule has 0 spiro atoms. The highest BCUT2D eigenvalue weighted by Gasteiger charge is 2.11. The minimum atomic E-state index is -3.88. The van der Waals surface area contributed by atoms with E-state index in [0.717, 1.165) is 0 Å². The van der Waals surface area contributed by atoms with Crippen molar-refractivity contribution in [3.8, 4) is 0 Å². The molecule has 0 unspecified atom stereocenters. The summed E-state index contributed by atoms with van der Waals surface area (Å²) in [5.41, 5.74) is 0.525. The third-order valence-corrected chi connectivity index (χ3v) is 3.78. The molecule has 0 radical (unpaired) electrons. The number of nitrogens with one attached hydrogen (secondary N) is 1. The highest BCUT2D eigenvalue weighted by molar-refractivity contribution is 7.94. The zero-order valence-corrected chi connectivity index (χ0v) is 12.0. The molecule has 1 heterocycles. The van der Waals surface area contributed by atoms with E-state index in [1.807, 2.05) is 0 Å². The van der Waals surface area contributed by atoms with Crippen molar-refractivity contribution in [2.45, 2.75) is 18.2 Å². The molecule has 0 aliphatic heterocycles. The second kappa shape index (κ2) is 6.31. The smallest absolute Gasteiger partial charge is 0.229 e. The van der Waals surface area contributed by atoms with Crippen LogP contribution < -0.4 is 5.32 Å². The standard InChI is InChI=1S/C13H14N4O3S/c1-2-12(18)16-10-4-6-11(7-5-10)21(19,20)17-13-14-8-3-9-15-13/h3-9H,2H2,1H3,(H2,14,15,16,17,18)/p-1. The Labute approximate surface area is 122 Å². The van der Waals surface area contributed by atoms with Crippen LogP contribution in [0.15, 0.2) is 47.6 Å². The molecule has 0 saturated heterocycles. The van der Waals surface area contributed by atoms with Gasteiger partial charge in [0.2, 0.25) is 15.9 Å². The van der Waals surface area contributed by atoms with Crippen LogP contribution in [0.4, 0.5) is 11.6 Å². The van der Waals surface area contributed by atoms with Crippen LogP contribution in [0.2, 0.25) is 0 Å². The molecule has 0 atom stereocenters. The number of hydrogen-bond donors (Lipinski definition) is 1. The van der Waals surface area contributed by atoms with Crippen molar-refractivity contribution in [3.63, 3.8) is 0 Å². The predicted octanol–water partition coefficient (Wildman–Crippen LogP) is 2.22. The minimum Gasteiger partial charge on any atom is -0.366 e. The summed E-state index contributed by atoms with van der Waals surface area (Å²) in [6, 6.07) is 7.31. The number of carbonyl (C=O) groups excluding carboxylic acids is 1. The van der Waals surface area contributed by atoms with E-state index in [0.29, 0.717) is 12.1 Å². The van der Waals surface area contributed by atoms with Crippen molar-refractivity contribution in [3.05, 3.63) is 47.4 Å². The van der Waals surface area contributed by atoms with Crippen molar-refractivity contribution in [1.82, 2.24) is 9.97 Å². The van der Waals surface area contributed by atoms with Crippen molar-refractivity contribution in [2.75, 3.05) is 5.32 Å². The molecule has 2 aromatic rings. The fraction of sp³-hybridized carbons (Fsp3) is 0.154. The lowest BCUT2D eigenvalue weighted by Gasteiger charge is -2.12. The Morgan fingerprint density at radius 2 is 1.81 bits per heavy atom. The first kappa shape index (κ1) is 14.9. The molecule has 1 amide bonds. The van der Waals surface area contributed by atoms with Crippen LogP contribution >= 0.6 is 0 Å². The van der Waals surface area contributed by atoms with E-state index in [1.165, 1.54) is 36.7 Å². The topological polar surface area (TPSA) is 103 Å². The number of nitrogens with zero attached hydrogens (tertiary/aromatic N) is 3. The molecule has 0 bridgehead atoms. The van der Waals surface area contributed by atoms with Crippen molar-refractivity contribution in [2.24, 2.45) is 0 Å². The largest absolute Gasteiger partial charge is 0.366 e. The van der Waals surface area contributed by atoms with Gasteiger partial charge in [-0.05, 0) is 36.7 Å². The Bertz CT molecular complexity index is 715. The van der Waals surface area contributed by atoms with Crippen LogP contribution in [0.3, 0.4) is 0 Å². The number of aromatic nitrogens is 2. The molecule has 110 valence electrons. The quantitative estimate of drug-likeness (QED) is 0.912. The van der Waals surface area contributed by atoms with E-state index in [4.69, 9.17) is 0 Å². The van der Waals surface area contributed by atoms with Crippen molar-refractivity contribution >= 4 is 27.6 Å². The summed E-state index contributed by atoms with van der Waals surface area (Å²) in [6.45, 7) is 1.73. The highest BCUT2D eigenvalue weighted by atomic mass is 32.2. The molecular weight excluding hydrogens is 292 g/mol. The molecule has 1 aromatic carbocycles. The van der Waals surface area contributed by atoms with Gasteiger partial charge in [-0.15, -0.1) is 0 Å². The molecule has 7 nitrogen and oxygen atoms in total. The van der Waals surface area contributed by atoms with Gasteiger partial charge in [-0.1, -0.05) is 13.0 Å². The second-order valence-corrected chi connectivity index (χ2v) is 5.65. The summed E-state index contributed by atoms with van der Waals surface area (Å²) in [6.07, 6.45) is 3.16. The van der Waals surface area contributed by atoms with Gasteiger partial charge >= 0.3 is 0 Å². The zero-order valence-electron chi connectivity index (χ0n) is 11.2. The van der Waals surface area contributed by atoms with Gasteiger partial charge in [-0.25, -0.2) is 8.42 Å². The normalized spacial score (nSPS) is 10.9. The van der Waals surface area contributed by atoms with Gasteiger partial charge in [0.05, 0.1) is 4.90 Å². The van der Waals surface area contributed by atoms with Crippen LogP contribution in [-0.2, 0) is 14.8 Å². The van der Waals surface area contributed by atoms with Crippen LogP contribution in [-0.4, -0.2) is 24.3 Å². The van der Waals surface area contributed by atoms with Crippen LogP contribution in [0.5, 0.6) is 0 Å². The summed E-state index contributed by atoms with van der Waals surface area (Å²) >= 11 is 0. The first-order valence-corrected chi connectivity index (χ1v) is 7.60. The van der Waals surface area contributed by atoms with Crippen LogP contribution in [0.25, 0.3) is 4.72 Å². The summed E-state index contributed by atoms with van der Waals surface area (Å²) < 4.78 is 27.6. The Kier molecular flexibility index (Phi) is 4.49. The van der Waals surface area contributed by atoms with E-state index in [1.54, 1.807) is 13.0 Å². The number of sulfonamides is 1.